The maximum atomic E-state index is 12.9. The van der Waals surface area contributed by atoms with Crippen LogP contribution in [0.3, 0.4) is 0 Å². The van der Waals surface area contributed by atoms with E-state index in [1.807, 2.05) is 13.0 Å². The van der Waals surface area contributed by atoms with Crippen molar-refractivity contribution in [3.05, 3.63) is 35.5 Å². The van der Waals surface area contributed by atoms with E-state index in [1.165, 1.54) is 5.57 Å². The Balaban J connectivity index is 1.74. The molecule has 0 saturated heterocycles. The lowest BCUT2D eigenvalue weighted by Crippen LogP contribution is -2.57. The molecule has 0 aromatic rings. The Labute approximate surface area is 171 Å². The topological polar surface area (TPSA) is 80.7 Å². The van der Waals surface area contributed by atoms with Gasteiger partial charge in [-0.3, -0.25) is 9.59 Å². The maximum absolute atomic E-state index is 12.9. The van der Waals surface area contributed by atoms with E-state index in [9.17, 15) is 19.5 Å². The summed E-state index contributed by atoms with van der Waals surface area (Å²) in [6.45, 7) is 8.05. The number of fused-ring (bicyclic) bond motifs is 5. The highest BCUT2D eigenvalue weighted by molar-refractivity contribution is 6.37. The van der Waals surface area contributed by atoms with Crippen LogP contribution < -0.4 is 0 Å². The predicted molar refractivity (Wildman–Crippen MR) is 108 cm³/mol. The van der Waals surface area contributed by atoms with Crippen molar-refractivity contribution in [2.45, 2.75) is 59.0 Å². The number of aliphatic hydroxyl groups is 1. The van der Waals surface area contributed by atoms with Crippen molar-refractivity contribution >= 4 is 17.5 Å². The van der Waals surface area contributed by atoms with E-state index in [0.717, 1.165) is 12.0 Å². The summed E-state index contributed by atoms with van der Waals surface area (Å²) in [7, 11) is 0. The summed E-state index contributed by atoms with van der Waals surface area (Å²) in [5.74, 6) is -1.13. The lowest BCUT2D eigenvalue weighted by atomic mass is 9.49. The smallest absolute Gasteiger partial charge is 0.377 e. The number of ether oxygens (including phenoxy) is 1. The zero-order valence-corrected chi connectivity index (χ0v) is 17.7. The Kier molecular flexibility index (Phi) is 4.54. The molecule has 2 fully saturated rings. The molecule has 5 nitrogen and oxygen atoms in total. The molecule has 5 heteroatoms. The van der Waals surface area contributed by atoms with Gasteiger partial charge in [0.1, 0.15) is 5.60 Å². The molecule has 1 N–H and O–H groups in total. The van der Waals surface area contributed by atoms with Crippen LogP contribution in [0.5, 0.6) is 0 Å². The Morgan fingerprint density at radius 2 is 2.00 bits per heavy atom. The molecule has 0 bridgehead atoms. The van der Waals surface area contributed by atoms with Crippen LogP contribution in [0.4, 0.5) is 0 Å². The van der Waals surface area contributed by atoms with E-state index >= 15 is 0 Å². The third kappa shape index (κ3) is 2.59. The second-order valence-corrected chi connectivity index (χ2v) is 9.62. The van der Waals surface area contributed by atoms with Gasteiger partial charge < -0.3 is 9.84 Å². The van der Waals surface area contributed by atoms with Crippen molar-refractivity contribution in [1.29, 1.82) is 0 Å². The minimum Gasteiger partial charge on any atom is -0.460 e. The van der Waals surface area contributed by atoms with Crippen molar-refractivity contribution in [2.24, 2.45) is 28.6 Å². The third-order valence-electron chi connectivity index (χ3n) is 8.26. The monoisotopic (exact) mass is 398 g/mol. The lowest BCUT2D eigenvalue weighted by molar-refractivity contribution is -0.171. The van der Waals surface area contributed by atoms with Crippen LogP contribution in [0.25, 0.3) is 0 Å². The van der Waals surface area contributed by atoms with E-state index in [1.54, 1.807) is 19.1 Å². The number of rotatable bonds is 3. The average molecular weight is 398 g/mol. The zero-order valence-electron chi connectivity index (χ0n) is 17.7. The molecule has 4 aliphatic carbocycles. The number of carbonyl (C=O) groups excluding carboxylic acids is 3. The summed E-state index contributed by atoms with van der Waals surface area (Å²) in [4.78, 5) is 37.0. The molecule has 0 radical (unpaired) electrons. The van der Waals surface area contributed by atoms with Crippen molar-refractivity contribution < 1.29 is 24.2 Å². The second kappa shape index (κ2) is 6.49. The molecule has 0 heterocycles. The number of ketones is 2. The number of allylic oxidation sites excluding steroid dienone is 6. The Morgan fingerprint density at radius 3 is 2.69 bits per heavy atom. The van der Waals surface area contributed by atoms with Crippen LogP contribution in [0, 0.1) is 28.6 Å². The normalized spacial score (nSPS) is 42.9. The van der Waals surface area contributed by atoms with Gasteiger partial charge in [0.2, 0.25) is 0 Å². The van der Waals surface area contributed by atoms with E-state index in [0.29, 0.717) is 12.8 Å². The van der Waals surface area contributed by atoms with Gasteiger partial charge in [-0.2, -0.15) is 0 Å². The van der Waals surface area contributed by atoms with Gasteiger partial charge in [-0.05, 0) is 75.0 Å². The van der Waals surface area contributed by atoms with Crippen molar-refractivity contribution in [2.75, 3.05) is 6.61 Å². The summed E-state index contributed by atoms with van der Waals surface area (Å²) in [6, 6.07) is 0. The largest absolute Gasteiger partial charge is 0.460 e. The van der Waals surface area contributed by atoms with Gasteiger partial charge in [0.25, 0.3) is 5.78 Å². The first-order valence-corrected chi connectivity index (χ1v) is 10.7. The lowest BCUT2D eigenvalue weighted by Gasteiger charge is -2.54. The molecule has 4 rings (SSSR count). The molecule has 2 saturated carbocycles. The van der Waals surface area contributed by atoms with Crippen LogP contribution in [0.1, 0.15) is 53.4 Å². The minimum atomic E-state index is -1.69. The molecule has 0 aliphatic heterocycles. The number of carbonyl (C=O) groups is 3. The van der Waals surface area contributed by atoms with Gasteiger partial charge in [0, 0.05) is 10.8 Å². The molecular formula is C24H30O5. The average Bonchev–Trinajstić information content (AvgIpc) is 2.95. The number of hydrogen-bond donors (Lipinski definition) is 1. The van der Waals surface area contributed by atoms with E-state index in [-0.39, 0.29) is 42.0 Å². The summed E-state index contributed by atoms with van der Waals surface area (Å²) in [6.07, 6.45) is 10.0. The fraction of sp³-hybridized carbons (Fsp3) is 0.625. The van der Waals surface area contributed by atoms with Crippen LogP contribution >= 0.6 is 0 Å². The van der Waals surface area contributed by atoms with Crippen molar-refractivity contribution in [3.63, 3.8) is 0 Å². The predicted octanol–water partition coefficient (Wildman–Crippen LogP) is 3.32. The third-order valence-corrected chi connectivity index (χ3v) is 8.26. The quantitative estimate of drug-likeness (QED) is 0.448. The second-order valence-electron chi connectivity index (χ2n) is 9.62. The van der Waals surface area contributed by atoms with Crippen molar-refractivity contribution in [3.8, 4) is 0 Å². The molecule has 4 aliphatic rings. The first-order valence-electron chi connectivity index (χ1n) is 10.7. The molecule has 156 valence electrons. The van der Waals surface area contributed by atoms with Crippen LogP contribution in [-0.2, 0) is 19.1 Å². The number of esters is 1. The van der Waals surface area contributed by atoms with Gasteiger partial charge in [-0.15, -0.1) is 0 Å². The van der Waals surface area contributed by atoms with Crippen molar-refractivity contribution in [1.82, 2.24) is 0 Å². The number of Topliss-reactive ketones (excluding diaryl/α,β-unsaturated/α-hetero) is 1. The Hall–Kier alpha value is -2.01. The zero-order chi connectivity index (χ0) is 21.2. The van der Waals surface area contributed by atoms with Gasteiger partial charge in [0.15, 0.2) is 5.78 Å². The van der Waals surface area contributed by atoms with Gasteiger partial charge in [-0.1, -0.05) is 31.6 Å². The van der Waals surface area contributed by atoms with Gasteiger partial charge in [-0.25, -0.2) is 4.79 Å². The summed E-state index contributed by atoms with van der Waals surface area (Å²) in [5.41, 5.74) is -0.224. The summed E-state index contributed by atoms with van der Waals surface area (Å²) in [5, 5.41) is 11.4. The highest BCUT2D eigenvalue weighted by atomic mass is 16.5. The standard InChI is InChI=1S/C24H30O5/c1-5-29-21(27)20(26)24(28)11-8-18-16-12-14(2)19-13-15(25)6-9-22(19,3)17(16)7-10-23(18,24)4/h6-7,9,13-14,16,18,28H,5,8,10-12H2,1-4H3/t14-,16?,18?,22+,23-,24?/m0/s1. The van der Waals surface area contributed by atoms with E-state index in [2.05, 4.69) is 19.9 Å². The first-order chi connectivity index (χ1) is 13.6. The Bertz CT molecular complexity index is 880. The molecule has 3 unspecified atom stereocenters. The van der Waals surface area contributed by atoms with Crippen LogP contribution in [0.2, 0.25) is 0 Å². The van der Waals surface area contributed by atoms with Gasteiger partial charge in [0.05, 0.1) is 6.61 Å². The number of hydrogen-bond acceptors (Lipinski definition) is 5. The summed E-state index contributed by atoms with van der Waals surface area (Å²) < 4.78 is 4.91. The molecule has 29 heavy (non-hydrogen) atoms. The minimum absolute atomic E-state index is 0.0410. The fourth-order valence-corrected chi connectivity index (χ4v) is 6.68. The van der Waals surface area contributed by atoms with E-state index < -0.39 is 22.8 Å². The van der Waals surface area contributed by atoms with Gasteiger partial charge >= 0.3 is 5.97 Å². The van der Waals surface area contributed by atoms with E-state index in [4.69, 9.17) is 4.74 Å². The molecule has 0 spiro atoms. The summed E-state index contributed by atoms with van der Waals surface area (Å²) >= 11 is 0. The fourth-order valence-electron chi connectivity index (χ4n) is 6.68. The molecule has 0 aromatic carbocycles. The molecular weight excluding hydrogens is 368 g/mol. The highest BCUT2D eigenvalue weighted by Gasteiger charge is 2.66. The SMILES string of the molecule is CCOC(=O)C(=O)C1(O)CCC2C3C[C@H](C)C4=CC(=O)C=C[C@]4(C)C3=CC[C@@]21C. The maximum Gasteiger partial charge on any atom is 0.377 e. The van der Waals surface area contributed by atoms with Crippen LogP contribution in [-0.4, -0.2) is 34.9 Å². The molecule has 0 aromatic heterocycles. The first kappa shape index (κ1) is 20.3. The highest BCUT2D eigenvalue weighted by Crippen LogP contribution is 2.65. The Morgan fingerprint density at radius 1 is 1.28 bits per heavy atom. The molecule has 6 atom stereocenters. The molecule has 0 amide bonds. The van der Waals surface area contributed by atoms with Crippen LogP contribution in [0.15, 0.2) is 35.5 Å².